The zero-order valence-corrected chi connectivity index (χ0v) is 14.8. The Kier molecular flexibility index (Phi) is 4.30. The van der Waals surface area contributed by atoms with Crippen LogP contribution in [0.3, 0.4) is 0 Å². The van der Waals surface area contributed by atoms with E-state index in [0.717, 1.165) is 11.0 Å². The van der Waals surface area contributed by atoms with Crippen molar-refractivity contribution in [3.8, 4) is 11.5 Å². The van der Waals surface area contributed by atoms with Crippen LogP contribution in [0.2, 0.25) is 0 Å². The number of aliphatic hydroxyl groups is 5. The molecule has 2 aliphatic heterocycles. The van der Waals surface area contributed by atoms with Crippen LogP contribution < -0.4 is 9.47 Å². The van der Waals surface area contributed by atoms with Crippen molar-refractivity contribution in [2.45, 2.75) is 37.2 Å². The van der Waals surface area contributed by atoms with Gasteiger partial charge in [-0.3, -0.25) is 4.79 Å². The van der Waals surface area contributed by atoms with Crippen LogP contribution >= 0.6 is 0 Å². The molecule has 0 radical (unpaired) electrons. The maximum Gasteiger partial charge on any atom is 0.289 e. The molecule has 2 atom stereocenters. The van der Waals surface area contributed by atoms with E-state index in [0.29, 0.717) is 6.42 Å². The molecule has 0 amide bonds. The van der Waals surface area contributed by atoms with Gasteiger partial charge in [0.25, 0.3) is 11.7 Å². The van der Waals surface area contributed by atoms with Gasteiger partial charge in [0.15, 0.2) is 17.2 Å². The van der Waals surface area contributed by atoms with Gasteiger partial charge >= 0.3 is 0 Å². The van der Waals surface area contributed by atoms with Crippen LogP contribution in [0.25, 0.3) is 0 Å². The number of carbonyl (C=O) groups excluding carboxylic acids is 1. The standard InChI is InChI=1S/C17H23NO8/c1-4-9-8-18-15(20,7-12(9)19)10-5-13(25-2)14(26-3)6-11(10)16(21,22)17(18,23)24/h5-6,9,20-24H,4,7-8H2,1-3H3. The highest BCUT2D eigenvalue weighted by molar-refractivity contribution is 5.83. The van der Waals surface area contributed by atoms with Gasteiger partial charge in [-0.15, -0.1) is 0 Å². The molecule has 9 heteroatoms. The predicted molar refractivity (Wildman–Crippen MR) is 86.8 cm³/mol. The molecule has 0 bridgehead atoms. The zero-order chi connectivity index (χ0) is 19.5. The van der Waals surface area contributed by atoms with Crippen LogP contribution in [-0.4, -0.2) is 62.9 Å². The first-order valence-electron chi connectivity index (χ1n) is 8.23. The highest BCUT2D eigenvalue weighted by atomic mass is 16.6. The molecule has 0 aliphatic carbocycles. The number of ketones is 1. The summed E-state index contributed by atoms with van der Waals surface area (Å²) in [6.45, 7) is 1.50. The fraction of sp³-hybridized carbons (Fsp3) is 0.588. The zero-order valence-electron chi connectivity index (χ0n) is 14.8. The lowest BCUT2D eigenvalue weighted by Gasteiger charge is -2.57. The topological polar surface area (TPSA) is 140 Å². The van der Waals surface area contributed by atoms with Gasteiger partial charge < -0.3 is 35.0 Å². The van der Waals surface area contributed by atoms with Gasteiger partial charge in [-0.2, -0.15) is 0 Å². The van der Waals surface area contributed by atoms with E-state index in [1.54, 1.807) is 6.92 Å². The molecule has 0 saturated carbocycles. The number of Topliss-reactive ketones (excluding diaryl/α,β-unsaturated/α-hetero) is 1. The summed E-state index contributed by atoms with van der Waals surface area (Å²) in [5.74, 6) is -6.93. The average molecular weight is 369 g/mol. The second kappa shape index (κ2) is 5.88. The number of methoxy groups -OCH3 is 2. The molecule has 1 fully saturated rings. The molecule has 2 heterocycles. The second-order valence-corrected chi connectivity index (χ2v) is 6.74. The summed E-state index contributed by atoms with van der Waals surface area (Å²) in [6, 6.07) is 2.44. The minimum absolute atomic E-state index is 0.0678. The molecule has 5 N–H and O–H groups in total. The molecule has 1 aromatic rings. The molecule has 26 heavy (non-hydrogen) atoms. The molecule has 1 saturated heterocycles. The summed E-state index contributed by atoms with van der Waals surface area (Å²) < 4.78 is 10.3. The first-order valence-corrected chi connectivity index (χ1v) is 8.23. The third-order valence-corrected chi connectivity index (χ3v) is 5.39. The maximum atomic E-state index is 12.4. The van der Waals surface area contributed by atoms with E-state index in [-0.39, 0.29) is 35.0 Å². The van der Waals surface area contributed by atoms with E-state index < -0.39 is 29.8 Å². The molecule has 2 aliphatic rings. The molecule has 0 spiro atoms. The van der Waals surface area contributed by atoms with Crippen LogP contribution in [0.1, 0.15) is 30.9 Å². The third kappa shape index (κ3) is 2.29. The van der Waals surface area contributed by atoms with E-state index in [9.17, 15) is 30.3 Å². The van der Waals surface area contributed by atoms with E-state index in [4.69, 9.17) is 9.47 Å². The monoisotopic (exact) mass is 369 g/mol. The van der Waals surface area contributed by atoms with Crippen molar-refractivity contribution < 1.29 is 39.8 Å². The first kappa shape index (κ1) is 19.0. The van der Waals surface area contributed by atoms with Gasteiger partial charge in [-0.25, -0.2) is 4.90 Å². The van der Waals surface area contributed by atoms with Crippen LogP contribution in [-0.2, 0) is 16.3 Å². The van der Waals surface area contributed by atoms with Crippen molar-refractivity contribution in [2.75, 3.05) is 20.8 Å². The van der Waals surface area contributed by atoms with E-state index in [1.165, 1.54) is 20.3 Å². The molecule has 3 rings (SSSR count). The Hall–Kier alpha value is -1.75. The van der Waals surface area contributed by atoms with Crippen molar-refractivity contribution in [2.24, 2.45) is 5.92 Å². The minimum Gasteiger partial charge on any atom is -0.493 e. The van der Waals surface area contributed by atoms with Crippen molar-refractivity contribution in [1.29, 1.82) is 0 Å². The van der Waals surface area contributed by atoms with Crippen LogP contribution in [0.4, 0.5) is 0 Å². The third-order valence-electron chi connectivity index (χ3n) is 5.39. The smallest absolute Gasteiger partial charge is 0.289 e. The average Bonchev–Trinajstić information content (AvgIpc) is 2.59. The van der Waals surface area contributed by atoms with Crippen molar-refractivity contribution in [3.05, 3.63) is 23.3 Å². The lowest BCUT2D eigenvalue weighted by molar-refractivity contribution is -0.462. The van der Waals surface area contributed by atoms with Crippen LogP contribution in [0.15, 0.2) is 12.1 Å². The lowest BCUT2D eigenvalue weighted by atomic mass is 9.75. The number of piperidine rings is 1. The summed E-state index contributed by atoms with van der Waals surface area (Å²) >= 11 is 0. The Bertz CT molecular complexity index is 747. The van der Waals surface area contributed by atoms with Crippen molar-refractivity contribution >= 4 is 5.78 Å². The number of benzene rings is 1. The normalized spacial score (nSPS) is 29.7. The lowest BCUT2D eigenvalue weighted by Crippen LogP contribution is -2.75. The van der Waals surface area contributed by atoms with Crippen molar-refractivity contribution in [1.82, 2.24) is 4.90 Å². The summed E-state index contributed by atoms with van der Waals surface area (Å²) in [7, 11) is 2.69. The molecular formula is C17H23NO8. The highest BCUT2D eigenvalue weighted by Gasteiger charge is 2.67. The number of hydrogen-bond acceptors (Lipinski definition) is 9. The quantitative estimate of drug-likeness (QED) is 0.422. The van der Waals surface area contributed by atoms with Gasteiger partial charge in [0.2, 0.25) is 0 Å². The molecule has 1 aromatic carbocycles. The minimum atomic E-state index is -3.23. The first-order chi connectivity index (χ1) is 12.0. The fourth-order valence-corrected chi connectivity index (χ4v) is 3.81. The summed E-state index contributed by atoms with van der Waals surface area (Å²) in [6.07, 6.45) is -0.0307. The SMILES string of the molecule is CCC1CN2C(O)(CC1=O)c1cc(OC)c(OC)cc1C(O)(O)C2(O)O. The van der Waals surface area contributed by atoms with Gasteiger partial charge in [0.1, 0.15) is 5.78 Å². The largest absolute Gasteiger partial charge is 0.493 e. The molecule has 2 unspecified atom stereocenters. The Morgan fingerprint density at radius 3 is 2.12 bits per heavy atom. The fourth-order valence-electron chi connectivity index (χ4n) is 3.81. The molecular weight excluding hydrogens is 346 g/mol. The number of fused-ring (bicyclic) bond motifs is 3. The van der Waals surface area contributed by atoms with E-state index >= 15 is 0 Å². The second-order valence-electron chi connectivity index (χ2n) is 6.74. The molecule has 9 nitrogen and oxygen atoms in total. The van der Waals surface area contributed by atoms with Crippen molar-refractivity contribution in [3.63, 3.8) is 0 Å². The Labute approximate surface area is 150 Å². The summed E-state index contributed by atoms with van der Waals surface area (Å²) in [4.78, 5) is 13.2. The van der Waals surface area contributed by atoms with Crippen LogP contribution in [0, 0.1) is 5.92 Å². The van der Waals surface area contributed by atoms with Crippen LogP contribution in [0.5, 0.6) is 11.5 Å². The molecule has 0 aromatic heterocycles. The number of carbonyl (C=O) groups is 1. The van der Waals surface area contributed by atoms with Gasteiger partial charge in [-0.1, -0.05) is 6.92 Å². The summed E-state index contributed by atoms with van der Waals surface area (Å²) in [5.41, 5.74) is -2.60. The van der Waals surface area contributed by atoms with E-state index in [1.807, 2.05) is 0 Å². The number of rotatable bonds is 3. The summed E-state index contributed by atoms with van der Waals surface area (Å²) in [5, 5.41) is 53.4. The maximum absolute atomic E-state index is 12.4. The Morgan fingerprint density at radius 1 is 1.08 bits per heavy atom. The van der Waals surface area contributed by atoms with Gasteiger partial charge in [0, 0.05) is 23.6 Å². The Morgan fingerprint density at radius 2 is 1.62 bits per heavy atom. The predicted octanol–water partition coefficient (Wildman–Crippen LogP) is -1.06. The Balaban J connectivity index is 2.30. The van der Waals surface area contributed by atoms with E-state index in [2.05, 4.69) is 0 Å². The number of hydrogen-bond donors (Lipinski definition) is 5. The number of ether oxygens (including phenoxy) is 2. The highest BCUT2D eigenvalue weighted by Crippen LogP contribution is 2.53. The van der Waals surface area contributed by atoms with Gasteiger partial charge in [0.05, 0.1) is 20.6 Å². The van der Waals surface area contributed by atoms with Gasteiger partial charge in [-0.05, 0) is 18.6 Å². The molecule has 144 valence electrons. The number of nitrogens with zero attached hydrogens (tertiary/aromatic N) is 1.